The molecule has 0 saturated carbocycles. The SMILES string of the molecule is CCCCCOC(=O)COC(=O)c1ccccc1OC(=O)COC(=O)CC(=O)OCC(=O)Oc1ccccc1C(=O)OCC(=O)OCCCCC. The average molecular weight is 717 g/mol. The summed E-state index contributed by atoms with van der Waals surface area (Å²) in [5.74, 6) is -8.54. The Bertz CT molecular complexity index is 1400. The Balaban J connectivity index is 1.75. The van der Waals surface area contributed by atoms with Crippen molar-refractivity contribution >= 4 is 47.8 Å². The highest BCUT2D eigenvalue weighted by molar-refractivity contribution is 5.96. The van der Waals surface area contributed by atoms with Crippen molar-refractivity contribution < 1.29 is 76.3 Å². The van der Waals surface area contributed by atoms with Gasteiger partial charge in [-0.3, -0.25) is 9.59 Å². The quantitative estimate of drug-likeness (QED) is 0.0561. The summed E-state index contributed by atoms with van der Waals surface area (Å²) in [6.45, 7) is 1.16. The third-order valence-corrected chi connectivity index (χ3v) is 6.32. The van der Waals surface area contributed by atoms with Crippen LogP contribution in [0.15, 0.2) is 48.5 Å². The zero-order valence-corrected chi connectivity index (χ0v) is 28.3. The lowest BCUT2D eigenvalue weighted by Crippen LogP contribution is -2.24. The molecule has 2 aromatic carbocycles. The van der Waals surface area contributed by atoms with Crippen LogP contribution in [0.4, 0.5) is 0 Å². The summed E-state index contributed by atoms with van der Waals surface area (Å²) in [6, 6.07) is 10.9. The van der Waals surface area contributed by atoms with Gasteiger partial charge in [0.25, 0.3) is 0 Å². The van der Waals surface area contributed by atoms with Crippen LogP contribution in [0.3, 0.4) is 0 Å². The van der Waals surface area contributed by atoms with Gasteiger partial charge >= 0.3 is 47.8 Å². The summed E-state index contributed by atoms with van der Waals surface area (Å²) >= 11 is 0. The average Bonchev–Trinajstić information content (AvgIpc) is 3.12. The van der Waals surface area contributed by atoms with E-state index in [2.05, 4.69) is 0 Å². The number of carbonyl (C=O) groups is 8. The van der Waals surface area contributed by atoms with Gasteiger partial charge in [0.2, 0.25) is 0 Å². The Hall–Kier alpha value is -5.80. The second-order valence-electron chi connectivity index (χ2n) is 10.4. The predicted molar refractivity (Wildman–Crippen MR) is 172 cm³/mol. The van der Waals surface area contributed by atoms with Crippen LogP contribution in [0.1, 0.15) is 79.5 Å². The number of benzene rings is 2. The molecule has 0 heterocycles. The van der Waals surface area contributed by atoms with Crippen LogP contribution in [-0.2, 0) is 57.2 Å². The molecule has 0 unspecified atom stereocenters. The summed E-state index contributed by atoms with van der Waals surface area (Å²) in [5.41, 5.74) is -0.382. The first kappa shape index (κ1) is 41.4. The molecule has 0 N–H and O–H groups in total. The van der Waals surface area contributed by atoms with Crippen LogP contribution in [-0.4, -0.2) is 87.4 Å². The Morgan fingerprint density at radius 2 is 0.804 bits per heavy atom. The fourth-order valence-electron chi connectivity index (χ4n) is 3.82. The maximum atomic E-state index is 12.4. The minimum atomic E-state index is -1.20. The summed E-state index contributed by atoms with van der Waals surface area (Å²) in [6.07, 6.45) is 3.99. The van der Waals surface area contributed by atoms with E-state index in [0.29, 0.717) is 12.8 Å². The van der Waals surface area contributed by atoms with Crippen molar-refractivity contribution in [2.75, 3.05) is 39.6 Å². The highest BCUT2D eigenvalue weighted by Gasteiger charge is 2.22. The topological polar surface area (TPSA) is 210 Å². The minimum absolute atomic E-state index is 0.191. The van der Waals surface area contributed by atoms with Crippen molar-refractivity contribution in [3.05, 3.63) is 59.7 Å². The number of rotatable bonds is 22. The Morgan fingerprint density at radius 3 is 1.20 bits per heavy atom. The lowest BCUT2D eigenvalue weighted by atomic mass is 10.2. The van der Waals surface area contributed by atoms with E-state index in [1.165, 1.54) is 48.5 Å². The molecule has 0 spiro atoms. The number of unbranched alkanes of at least 4 members (excludes halogenated alkanes) is 4. The minimum Gasteiger partial charge on any atom is -0.463 e. The highest BCUT2D eigenvalue weighted by Crippen LogP contribution is 2.20. The van der Waals surface area contributed by atoms with E-state index in [4.69, 9.17) is 37.9 Å². The fraction of sp³-hybridized carbons (Fsp3) is 0.429. The van der Waals surface area contributed by atoms with Crippen molar-refractivity contribution in [3.63, 3.8) is 0 Å². The van der Waals surface area contributed by atoms with Gasteiger partial charge in [-0.05, 0) is 37.1 Å². The second kappa shape index (κ2) is 23.5. The standard InChI is InChI=1S/C35H40O16/c1-3-5-11-17-44-30(38)20-48-34(42)24-13-7-9-15-26(24)50-32(40)22-46-28(36)19-29(37)47-23-33(41)51-27-16-10-8-14-25(27)35(43)49-21-31(39)45-18-12-6-4-2/h7-10,13-16H,3-6,11-12,17-23H2,1-2H3. The van der Waals surface area contributed by atoms with E-state index in [1.807, 2.05) is 13.8 Å². The molecule has 16 nitrogen and oxygen atoms in total. The van der Waals surface area contributed by atoms with Crippen LogP contribution < -0.4 is 9.47 Å². The molecule has 276 valence electrons. The molecule has 0 aliphatic carbocycles. The number of ether oxygens (including phenoxy) is 8. The van der Waals surface area contributed by atoms with Gasteiger partial charge in [0.05, 0.1) is 13.2 Å². The third kappa shape index (κ3) is 16.9. The molecule has 0 amide bonds. The zero-order valence-electron chi connectivity index (χ0n) is 28.3. The van der Waals surface area contributed by atoms with Gasteiger partial charge in [-0.15, -0.1) is 0 Å². The Kier molecular flexibility index (Phi) is 19.1. The smallest absolute Gasteiger partial charge is 0.349 e. The maximum absolute atomic E-state index is 12.4. The number of esters is 8. The number of carbonyl (C=O) groups excluding carboxylic acids is 8. The molecular weight excluding hydrogens is 676 g/mol. The van der Waals surface area contributed by atoms with Gasteiger partial charge in [-0.25, -0.2) is 28.8 Å². The molecule has 0 aliphatic rings. The van der Waals surface area contributed by atoms with E-state index >= 15 is 0 Å². The van der Waals surface area contributed by atoms with Crippen LogP contribution in [0.5, 0.6) is 11.5 Å². The van der Waals surface area contributed by atoms with Gasteiger partial charge < -0.3 is 37.9 Å². The van der Waals surface area contributed by atoms with E-state index in [0.717, 1.165) is 25.7 Å². The lowest BCUT2D eigenvalue weighted by Gasteiger charge is -2.11. The molecule has 0 bridgehead atoms. The first-order chi connectivity index (χ1) is 24.5. The molecule has 0 aromatic heterocycles. The molecule has 2 rings (SSSR count). The van der Waals surface area contributed by atoms with Crippen LogP contribution in [0.2, 0.25) is 0 Å². The molecule has 2 aromatic rings. The molecule has 0 aliphatic heterocycles. The van der Waals surface area contributed by atoms with E-state index in [1.54, 1.807) is 0 Å². The van der Waals surface area contributed by atoms with E-state index < -0.39 is 80.6 Å². The summed E-state index contributed by atoms with van der Waals surface area (Å²) in [5, 5.41) is 0. The molecule has 0 fully saturated rings. The van der Waals surface area contributed by atoms with Crippen molar-refractivity contribution in [2.24, 2.45) is 0 Å². The van der Waals surface area contributed by atoms with E-state index in [9.17, 15) is 38.4 Å². The number of hydrogen-bond acceptors (Lipinski definition) is 16. The first-order valence-corrected chi connectivity index (χ1v) is 16.1. The Morgan fingerprint density at radius 1 is 0.431 bits per heavy atom. The Labute approximate surface area is 293 Å². The van der Waals surface area contributed by atoms with Crippen LogP contribution in [0.25, 0.3) is 0 Å². The van der Waals surface area contributed by atoms with Crippen LogP contribution in [0, 0.1) is 0 Å². The molecule has 16 heteroatoms. The molecule has 0 atom stereocenters. The lowest BCUT2D eigenvalue weighted by molar-refractivity contribution is -0.162. The van der Waals surface area contributed by atoms with Crippen molar-refractivity contribution in [2.45, 2.75) is 58.8 Å². The van der Waals surface area contributed by atoms with Crippen molar-refractivity contribution in [1.29, 1.82) is 0 Å². The first-order valence-electron chi connectivity index (χ1n) is 16.1. The fourth-order valence-corrected chi connectivity index (χ4v) is 3.82. The normalized spacial score (nSPS) is 10.2. The molecule has 0 radical (unpaired) electrons. The largest absolute Gasteiger partial charge is 0.463 e. The summed E-state index contributed by atoms with van der Waals surface area (Å²) < 4.78 is 39.3. The van der Waals surface area contributed by atoms with Crippen LogP contribution >= 0.6 is 0 Å². The van der Waals surface area contributed by atoms with Gasteiger partial charge in [-0.1, -0.05) is 63.8 Å². The van der Waals surface area contributed by atoms with Gasteiger partial charge in [0.15, 0.2) is 26.4 Å². The predicted octanol–water partition coefficient (Wildman–Crippen LogP) is 3.45. The third-order valence-electron chi connectivity index (χ3n) is 6.32. The molecular formula is C35H40O16. The monoisotopic (exact) mass is 716 g/mol. The van der Waals surface area contributed by atoms with Crippen molar-refractivity contribution in [1.82, 2.24) is 0 Å². The number of para-hydroxylation sites is 2. The maximum Gasteiger partial charge on any atom is 0.349 e. The summed E-state index contributed by atoms with van der Waals surface area (Å²) in [7, 11) is 0. The second-order valence-corrected chi connectivity index (χ2v) is 10.4. The van der Waals surface area contributed by atoms with Gasteiger partial charge in [0.1, 0.15) is 29.0 Å². The van der Waals surface area contributed by atoms with Gasteiger partial charge in [0, 0.05) is 0 Å². The summed E-state index contributed by atoms with van der Waals surface area (Å²) in [4.78, 5) is 97.0. The molecule has 0 saturated heterocycles. The molecule has 51 heavy (non-hydrogen) atoms. The van der Waals surface area contributed by atoms with Crippen molar-refractivity contribution in [3.8, 4) is 11.5 Å². The zero-order chi connectivity index (χ0) is 37.4. The number of hydrogen-bond donors (Lipinski definition) is 0. The van der Waals surface area contributed by atoms with E-state index in [-0.39, 0.29) is 35.8 Å². The highest BCUT2D eigenvalue weighted by atomic mass is 16.6. The van der Waals surface area contributed by atoms with Gasteiger partial charge in [-0.2, -0.15) is 0 Å².